The van der Waals surface area contributed by atoms with Crippen LogP contribution in [0.2, 0.25) is 5.02 Å². The molecule has 10 heteroatoms. The largest absolute Gasteiger partial charge is 0.325 e. The lowest BCUT2D eigenvalue weighted by molar-refractivity contribution is -0.116. The van der Waals surface area contributed by atoms with Gasteiger partial charge in [0.15, 0.2) is 0 Å². The van der Waals surface area contributed by atoms with Crippen molar-refractivity contribution in [2.45, 2.75) is 37.1 Å². The van der Waals surface area contributed by atoms with Crippen LogP contribution in [0.4, 0.5) is 5.69 Å². The van der Waals surface area contributed by atoms with Crippen molar-refractivity contribution >= 4 is 44.3 Å². The molecule has 4 rings (SSSR count). The van der Waals surface area contributed by atoms with Gasteiger partial charge in [0.25, 0.3) is 0 Å². The minimum Gasteiger partial charge on any atom is -0.325 e. The number of amides is 1. The molecular weight excluding hydrogens is 426 g/mol. The quantitative estimate of drug-likeness (QED) is 0.599. The number of halogens is 1. The Labute approximate surface area is 179 Å². The van der Waals surface area contributed by atoms with Crippen LogP contribution >= 0.6 is 11.6 Å². The Balaban J connectivity index is 1.39. The fraction of sp³-hybridized carbons (Fsp3) is 0.350. The molecule has 0 aliphatic carbocycles. The predicted octanol–water partition coefficient (Wildman–Crippen LogP) is 3.29. The van der Waals surface area contributed by atoms with E-state index in [1.165, 1.54) is 4.31 Å². The first-order valence-electron chi connectivity index (χ1n) is 9.83. The Morgan fingerprint density at radius 1 is 1.13 bits per heavy atom. The summed E-state index contributed by atoms with van der Waals surface area (Å²) in [5.74, 6) is -0.133. The third-order valence-corrected chi connectivity index (χ3v) is 7.33. The number of para-hydroxylation sites is 1. The third-order valence-electron chi connectivity index (χ3n) is 5.11. The fourth-order valence-electron chi connectivity index (χ4n) is 3.52. The Kier molecular flexibility index (Phi) is 6.03. The molecule has 0 unspecified atom stereocenters. The lowest BCUT2D eigenvalue weighted by Gasteiger charge is -2.15. The molecule has 1 N–H and O–H groups in total. The third kappa shape index (κ3) is 4.33. The molecule has 0 saturated carbocycles. The summed E-state index contributed by atoms with van der Waals surface area (Å²) in [4.78, 5) is 12.4. The van der Waals surface area contributed by atoms with Crippen LogP contribution in [-0.4, -0.2) is 46.7 Å². The standard InChI is InChI=1S/C20H22ClN5O3S/c21-16-6-1-2-7-17(16)22-20(27)8-5-13-26-19-10-9-15(14-18(19)23-24-26)30(28,29)25-11-3-4-12-25/h1-2,6-7,9-10,14H,3-5,8,11-13H2,(H,22,27). The highest BCUT2D eigenvalue weighted by molar-refractivity contribution is 7.89. The van der Waals surface area contributed by atoms with Gasteiger partial charge in [-0.25, -0.2) is 13.1 Å². The monoisotopic (exact) mass is 447 g/mol. The van der Waals surface area contributed by atoms with Gasteiger partial charge < -0.3 is 5.32 Å². The average Bonchev–Trinajstić information content (AvgIpc) is 3.40. The lowest BCUT2D eigenvalue weighted by atomic mass is 10.2. The van der Waals surface area contributed by atoms with Crippen LogP contribution < -0.4 is 5.32 Å². The number of nitrogens with zero attached hydrogens (tertiary/aromatic N) is 4. The van der Waals surface area contributed by atoms with Crippen LogP contribution in [-0.2, 0) is 21.4 Å². The number of nitrogens with one attached hydrogen (secondary N) is 1. The fourth-order valence-corrected chi connectivity index (χ4v) is 5.24. The molecule has 8 nitrogen and oxygen atoms in total. The van der Waals surface area contributed by atoms with Crippen molar-refractivity contribution < 1.29 is 13.2 Å². The molecule has 1 aliphatic heterocycles. The number of fused-ring (bicyclic) bond motifs is 1. The van der Waals surface area contributed by atoms with E-state index in [1.807, 2.05) is 0 Å². The van der Waals surface area contributed by atoms with Gasteiger partial charge in [-0.1, -0.05) is 28.9 Å². The number of hydrogen-bond acceptors (Lipinski definition) is 5. The summed E-state index contributed by atoms with van der Waals surface area (Å²) in [5.41, 5.74) is 1.85. The van der Waals surface area contributed by atoms with Crippen molar-refractivity contribution in [3.8, 4) is 0 Å². The molecule has 0 atom stereocenters. The van der Waals surface area contributed by atoms with Gasteiger partial charge in [0.05, 0.1) is 21.1 Å². The van der Waals surface area contributed by atoms with Gasteiger partial charge in [-0.2, -0.15) is 4.31 Å². The molecule has 2 heterocycles. The second kappa shape index (κ2) is 8.71. The van der Waals surface area contributed by atoms with E-state index in [9.17, 15) is 13.2 Å². The second-order valence-corrected chi connectivity index (χ2v) is 9.55. The first-order valence-corrected chi connectivity index (χ1v) is 11.6. The zero-order chi connectivity index (χ0) is 21.1. The molecule has 1 saturated heterocycles. The van der Waals surface area contributed by atoms with Gasteiger partial charge in [0, 0.05) is 26.1 Å². The van der Waals surface area contributed by atoms with Gasteiger partial charge >= 0.3 is 0 Å². The summed E-state index contributed by atoms with van der Waals surface area (Å²) < 4.78 is 28.6. The summed E-state index contributed by atoms with van der Waals surface area (Å²) >= 11 is 6.05. The molecular formula is C20H22ClN5O3S. The molecule has 0 spiro atoms. The van der Waals surface area contributed by atoms with Crippen molar-refractivity contribution in [2.24, 2.45) is 0 Å². The lowest BCUT2D eigenvalue weighted by Crippen LogP contribution is -2.27. The first-order chi connectivity index (χ1) is 14.4. The summed E-state index contributed by atoms with van der Waals surface area (Å²) in [6.07, 6.45) is 2.64. The maximum Gasteiger partial charge on any atom is 0.243 e. The minimum absolute atomic E-state index is 0.133. The molecule has 2 aromatic carbocycles. The molecule has 1 aromatic heterocycles. The van der Waals surface area contributed by atoms with Gasteiger partial charge in [0.1, 0.15) is 5.52 Å². The van der Waals surface area contributed by atoms with Crippen molar-refractivity contribution in [3.05, 3.63) is 47.5 Å². The molecule has 30 heavy (non-hydrogen) atoms. The van der Waals surface area contributed by atoms with E-state index < -0.39 is 10.0 Å². The molecule has 1 aliphatic rings. The number of rotatable bonds is 7. The van der Waals surface area contributed by atoms with E-state index in [-0.39, 0.29) is 10.8 Å². The highest BCUT2D eigenvalue weighted by atomic mass is 35.5. The normalized spacial score (nSPS) is 15.0. The van der Waals surface area contributed by atoms with Gasteiger partial charge in [-0.05, 0) is 49.6 Å². The zero-order valence-corrected chi connectivity index (χ0v) is 17.9. The summed E-state index contributed by atoms with van der Waals surface area (Å²) in [6.45, 7) is 1.61. The van der Waals surface area contributed by atoms with E-state index in [0.717, 1.165) is 18.4 Å². The zero-order valence-electron chi connectivity index (χ0n) is 16.3. The van der Waals surface area contributed by atoms with Crippen molar-refractivity contribution in [1.29, 1.82) is 0 Å². The molecule has 1 fully saturated rings. The maximum atomic E-state index is 12.7. The number of anilines is 1. The Hall–Kier alpha value is -2.49. The number of aryl methyl sites for hydroxylation is 1. The molecule has 0 bridgehead atoms. The van der Waals surface area contributed by atoms with E-state index in [1.54, 1.807) is 47.1 Å². The van der Waals surface area contributed by atoms with Crippen LogP contribution in [0.5, 0.6) is 0 Å². The van der Waals surface area contributed by atoms with Gasteiger partial charge in [0.2, 0.25) is 15.9 Å². The topological polar surface area (TPSA) is 97.2 Å². The van der Waals surface area contributed by atoms with E-state index >= 15 is 0 Å². The van der Waals surface area contributed by atoms with Crippen molar-refractivity contribution in [3.63, 3.8) is 0 Å². The number of hydrogen-bond donors (Lipinski definition) is 1. The summed E-state index contributed by atoms with van der Waals surface area (Å²) in [6, 6.07) is 12.0. The molecule has 3 aromatic rings. The smallest absolute Gasteiger partial charge is 0.243 e. The number of aromatic nitrogens is 3. The van der Waals surface area contributed by atoms with Crippen molar-refractivity contribution in [1.82, 2.24) is 19.3 Å². The van der Waals surface area contributed by atoms with E-state index in [0.29, 0.717) is 48.7 Å². The van der Waals surface area contributed by atoms with Gasteiger partial charge in [-0.3, -0.25) is 4.79 Å². The van der Waals surface area contributed by atoms with E-state index in [2.05, 4.69) is 15.6 Å². The summed E-state index contributed by atoms with van der Waals surface area (Å²) in [5, 5.41) is 11.5. The van der Waals surface area contributed by atoms with Gasteiger partial charge in [-0.15, -0.1) is 5.10 Å². The Bertz CT molecular complexity index is 1170. The minimum atomic E-state index is -3.49. The SMILES string of the molecule is O=C(CCCn1nnc2cc(S(=O)(=O)N3CCCC3)ccc21)Nc1ccccc1Cl. The van der Waals surface area contributed by atoms with Crippen LogP contribution in [0.15, 0.2) is 47.4 Å². The van der Waals surface area contributed by atoms with Crippen LogP contribution in [0.3, 0.4) is 0 Å². The second-order valence-electron chi connectivity index (χ2n) is 7.21. The number of benzene rings is 2. The number of carbonyl (C=O) groups excluding carboxylic acids is 1. The van der Waals surface area contributed by atoms with E-state index in [4.69, 9.17) is 11.6 Å². The first kappa shape index (κ1) is 20.8. The number of carbonyl (C=O) groups is 1. The van der Waals surface area contributed by atoms with Crippen LogP contribution in [0.25, 0.3) is 11.0 Å². The average molecular weight is 448 g/mol. The Morgan fingerprint density at radius 3 is 2.67 bits per heavy atom. The molecule has 0 radical (unpaired) electrons. The molecule has 1 amide bonds. The summed E-state index contributed by atoms with van der Waals surface area (Å²) in [7, 11) is -3.49. The Morgan fingerprint density at radius 2 is 1.90 bits per heavy atom. The molecule has 158 valence electrons. The van der Waals surface area contributed by atoms with Crippen LogP contribution in [0, 0.1) is 0 Å². The van der Waals surface area contributed by atoms with Crippen molar-refractivity contribution in [2.75, 3.05) is 18.4 Å². The predicted molar refractivity (Wildman–Crippen MR) is 115 cm³/mol. The highest BCUT2D eigenvalue weighted by Crippen LogP contribution is 2.24. The highest BCUT2D eigenvalue weighted by Gasteiger charge is 2.27. The maximum absolute atomic E-state index is 12.7. The number of sulfonamides is 1. The van der Waals surface area contributed by atoms with Crippen LogP contribution in [0.1, 0.15) is 25.7 Å².